The first-order valence-corrected chi connectivity index (χ1v) is 3.89. The van der Waals surface area contributed by atoms with Crippen molar-refractivity contribution in [2.45, 2.75) is 6.92 Å². The largest absolute Gasteiger partial charge is 0.308 e. The van der Waals surface area contributed by atoms with E-state index in [0.29, 0.717) is 11.4 Å². The van der Waals surface area contributed by atoms with Crippen LogP contribution in [-0.4, -0.2) is 12.9 Å². The number of halogens is 1. The van der Waals surface area contributed by atoms with Crippen LogP contribution in [0.5, 0.6) is 0 Å². The van der Waals surface area contributed by atoms with Gasteiger partial charge in [-0.25, -0.2) is 10.2 Å². The maximum atomic E-state index is 12.9. The third-order valence-corrected chi connectivity index (χ3v) is 1.82. The molecule has 0 atom stereocenters. The number of hydrogen-bond acceptors (Lipinski definition) is 2. The molecule has 0 fully saturated rings. The molecule has 0 bridgehead atoms. The maximum absolute atomic E-state index is 12.9. The molecule has 70 valence electrons. The van der Waals surface area contributed by atoms with Gasteiger partial charge in [-0.2, -0.15) is 0 Å². The van der Waals surface area contributed by atoms with Crippen LogP contribution in [0, 0.1) is 12.7 Å². The molecule has 0 heterocycles. The van der Waals surface area contributed by atoms with Crippen molar-refractivity contribution in [1.29, 1.82) is 0 Å². The van der Waals surface area contributed by atoms with Crippen molar-refractivity contribution >= 4 is 5.84 Å². The predicted octanol–water partition coefficient (Wildman–Crippen LogP) is 0.974. The number of rotatable bonds is 1. The number of nitrogens with two attached hydrogens (primary N) is 1. The number of benzene rings is 1. The highest BCUT2D eigenvalue weighted by atomic mass is 19.1. The molecule has 4 heteroatoms. The molecule has 0 aliphatic carbocycles. The molecule has 0 saturated heterocycles. The Bertz CT molecular complexity index is 334. The average Bonchev–Trinajstić information content (AvgIpc) is 2.13. The van der Waals surface area contributed by atoms with Crippen LogP contribution in [0.4, 0.5) is 4.39 Å². The number of hydrazine groups is 1. The zero-order valence-electron chi connectivity index (χ0n) is 7.63. The Morgan fingerprint density at radius 2 is 2.23 bits per heavy atom. The maximum Gasteiger partial charge on any atom is 0.142 e. The minimum absolute atomic E-state index is 0.294. The van der Waals surface area contributed by atoms with Crippen molar-refractivity contribution in [2.75, 3.05) is 7.05 Å². The Balaban J connectivity index is 3.19. The standard InChI is InChI=1S/C9H12FN3/c1-6-3-4-7(10)5-8(6)9(12-2)13-11/h3-5H,11H2,1-2H3,(H,12,13). The second-order valence-electron chi connectivity index (χ2n) is 2.68. The summed E-state index contributed by atoms with van der Waals surface area (Å²) >= 11 is 0. The topological polar surface area (TPSA) is 50.4 Å². The number of nitrogens with zero attached hydrogens (tertiary/aromatic N) is 1. The third kappa shape index (κ3) is 2.03. The van der Waals surface area contributed by atoms with Gasteiger partial charge in [0.25, 0.3) is 0 Å². The smallest absolute Gasteiger partial charge is 0.142 e. The molecule has 0 unspecified atom stereocenters. The van der Waals surface area contributed by atoms with Gasteiger partial charge < -0.3 is 5.43 Å². The van der Waals surface area contributed by atoms with Gasteiger partial charge in [-0.1, -0.05) is 6.07 Å². The zero-order valence-corrected chi connectivity index (χ0v) is 7.63. The van der Waals surface area contributed by atoms with Crippen molar-refractivity contribution in [1.82, 2.24) is 5.43 Å². The molecule has 1 aromatic carbocycles. The van der Waals surface area contributed by atoms with Crippen molar-refractivity contribution < 1.29 is 4.39 Å². The predicted molar refractivity (Wildman–Crippen MR) is 50.9 cm³/mol. The van der Waals surface area contributed by atoms with Crippen molar-refractivity contribution in [3.05, 3.63) is 35.1 Å². The van der Waals surface area contributed by atoms with Gasteiger partial charge in [0.15, 0.2) is 0 Å². The zero-order chi connectivity index (χ0) is 9.84. The Morgan fingerprint density at radius 3 is 2.77 bits per heavy atom. The molecule has 0 spiro atoms. The summed E-state index contributed by atoms with van der Waals surface area (Å²) in [6.07, 6.45) is 0. The second kappa shape index (κ2) is 4.00. The number of aryl methyl sites for hydroxylation is 1. The Morgan fingerprint density at radius 1 is 1.54 bits per heavy atom. The van der Waals surface area contributed by atoms with Crippen LogP contribution >= 0.6 is 0 Å². The first kappa shape index (κ1) is 9.67. The van der Waals surface area contributed by atoms with Crippen LogP contribution in [0.25, 0.3) is 0 Å². The molecule has 0 aromatic heterocycles. The fraction of sp³-hybridized carbons (Fsp3) is 0.222. The summed E-state index contributed by atoms with van der Waals surface area (Å²) in [4.78, 5) is 3.89. The van der Waals surface area contributed by atoms with E-state index in [1.165, 1.54) is 12.1 Å². The first-order chi connectivity index (χ1) is 6.19. The molecule has 1 aromatic rings. The summed E-state index contributed by atoms with van der Waals surface area (Å²) in [7, 11) is 1.60. The van der Waals surface area contributed by atoms with Crippen LogP contribution in [-0.2, 0) is 0 Å². The Kier molecular flexibility index (Phi) is 2.97. The Hall–Kier alpha value is -1.42. The van der Waals surface area contributed by atoms with E-state index in [1.807, 2.05) is 6.92 Å². The molecule has 0 amide bonds. The normalized spacial score (nSPS) is 11.5. The second-order valence-corrected chi connectivity index (χ2v) is 2.68. The summed E-state index contributed by atoms with van der Waals surface area (Å²) in [6.45, 7) is 1.87. The van der Waals surface area contributed by atoms with Crippen molar-refractivity contribution in [2.24, 2.45) is 10.8 Å². The summed E-state index contributed by atoms with van der Waals surface area (Å²) in [6, 6.07) is 4.49. The van der Waals surface area contributed by atoms with E-state index in [0.717, 1.165) is 5.56 Å². The van der Waals surface area contributed by atoms with Gasteiger partial charge in [0.1, 0.15) is 11.7 Å². The van der Waals surface area contributed by atoms with Gasteiger partial charge in [0.05, 0.1) is 0 Å². The van der Waals surface area contributed by atoms with Crippen LogP contribution in [0.3, 0.4) is 0 Å². The number of hydrogen-bond donors (Lipinski definition) is 2. The summed E-state index contributed by atoms with van der Waals surface area (Å²) < 4.78 is 12.9. The van der Waals surface area contributed by atoms with Gasteiger partial charge in [-0.05, 0) is 24.6 Å². The highest BCUT2D eigenvalue weighted by molar-refractivity contribution is 5.99. The lowest BCUT2D eigenvalue weighted by Gasteiger charge is -2.07. The molecule has 0 aliphatic rings. The fourth-order valence-electron chi connectivity index (χ4n) is 1.11. The summed E-state index contributed by atoms with van der Waals surface area (Å²) in [5.74, 6) is 5.42. The van der Waals surface area contributed by atoms with E-state index in [2.05, 4.69) is 10.4 Å². The monoisotopic (exact) mass is 181 g/mol. The molecular formula is C9H12FN3. The lowest BCUT2D eigenvalue weighted by Crippen LogP contribution is -2.31. The van der Waals surface area contributed by atoms with Crippen LogP contribution < -0.4 is 11.3 Å². The van der Waals surface area contributed by atoms with Crippen molar-refractivity contribution in [3.63, 3.8) is 0 Å². The van der Waals surface area contributed by atoms with Crippen LogP contribution in [0.15, 0.2) is 23.2 Å². The quantitative estimate of drug-likeness (QED) is 0.293. The molecule has 0 radical (unpaired) electrons. The SMILES string of the molecule is CN=C(NN)c1cc(F)ccc1C. The van der Waals surface area contributed by atoms with Gasteiger partial charge in [-0.15, -0.1) is 0 Å². The van der Waals surface area contributed by atoms with E-state index in [9.17, 15) is 4.39 Å². The molecular weight excluding hydrogens is 169 g/mol. The number of nitrogens with one attached hydrogen (secondary N) is 1. The lowest BCUT2D eigenvalue weighted by atomic mass is 10.1. The van der Waals surface area contributed by atoms with Gasteiger partial charge in [0.2, 0.25) is 0 Å². The van der Waals surface area contributed by atoms with Crippen LogP contribution in [0.2, 0.25) is 0 Å². The van der Waals surface area contributed by atoms with E-state index in [4.69, 9.17) is 5.84 Å². The van der Waals surface area contributed by atoms with Gasteiger partial charge in [-0.3, -0.25) is 4.99 Å². The molecule has 0 saturated carbocycles. The lowest BCUT2D eigenvalue weighted by molar-refractivity contribution is 0.627. The molecule has 13 heavy (non-hydrogen) atoms. The Labute approximate surface area is 76.4 Å². The fourth-order valence-corrected chi connectivity index (χ4v) is 1.11. The molecule has 1 rings (SSSR count). The van der Waals surface area contributed by atoms with E-state index < -0.39 is 0 Å². The average molecular weight is 181 g/mol. The molecule has 3 N–H and O–H groups in total. The van der Waals surface area contributed by atoms with E-state index in [-0.39, 0.29) is 5.82 Å². The summed E-state index contributed by atoms with van der Waals surface area (Å²) in [5, 5.41) is 0. The summed E-state index contributed by atoms with van der Waals surface area (Å²) in [5.41, 5.74) is 4.04. The van der Waals surface area contributed by atoms with Crippen molar-refractivity contribution in [3.8, 4) is 0 Å². The molecule has 3 nitrogen and oxygen atoms in total. The minimum atomic E-state index is -0.294. The number of aliphatic imine (C=N–C) groups is 1. The van der Waals surface area contributed by atoms with E-state index in [1.54, 1.807) is 13.1 Å². The highest BCUT2D eigenvalue weighted by Gasteiger charge is 2.05. The van der Waals surface area contributed by atoms with Gasteiger partial charge >= 0.3 is 0 Å². The van der Waals surface area contributed by atoms with Crippen LogP contribution in [0.1, 0.15) is 11.1 Å². The first-order valence-electron chi connectivity index (χ1n) is 3.89. The van der Waals surface area contributed by atoms with E-state index >= 15 is 0 Å². The van der Waals surface area contributed by atoms with Gasteiger partial charge in [0, 0.05) is 12.6 Å². The minimum Gasteiger partial charge on any atom is -0.308 e. The number of amidine groups is 1. The molecule has 0 aliphatic heterocycles. The highest BCUT2D eigenvalue weighted by Crippen LogP contribution is 2.09. The third-order valence-electron chi connectivity index (χ3n) is 1.82.